The van der Waals surface area contributed by atoms with Gasteiger partial charge in [-0.15, -0.1) is 0 Å². The lowest BCUT2D eigenvalue weighted by Crippen LogP contribution is -2.57. The van der Waals surface area contributed by atoms with Crippen LogP contribution in [0, 0.1) is 90.0 Å². The molecule has 0 aliphatic carbocycles. The second-order valence-corrected chi connectivity index (χ2v) is 14.2. The topological polar surface area (TPSA) is 0 Å². The van der Waals surface area contributed by atoms with Crippen LogP contribution in [0.4, 0.5) is 0 Å². The van der Waals surface area contributed by atoms with Crippen molar-refractivity contribution in [3.63, 3.8) is 0 Å². The third-order valence-corrected chi connectivity index (χ3v) is 10.0. The number of aryl methyl sites for hydroxylation is 13. The Morgan fingerprint density at radius 3 is 0.783 bits per heavy atom. The molecule has 0 aliphatic heterocycles. The van der Waals surface area contributed by atoms with Gasteiger partial charge in [-0.1, -0.05) is 179 Å². The first kappa shape index (κ1) is 35.1. The van der Waals surface area contributed by atoms with Gasteiger partial charge in [-0.25, -0.2) is 0 Å². The highest BCUT2D eigenvalue weighted by Gasteiger charge is 2.30. The van der Waals surface area contributed by atoms with E-state index < -0.39 is 0 Å². The van der Waals surface area contributed by atoms with Crippen molar-refractivity contribution < 1.29 is 0 Å². The van der Waals surface area contributed by atoms with E-state index in [9.17, 15) is 0 Å². The average molecular weight is 605 g/mol. The van der Waals surface area contributed by atoms with Gasteiger partial charge in [0.05, 0.1) is 0 Å². The SMILES string of the molecule is CB(c1c(C)cc(C)cc1C)c1c(C)cc(C)cc1C.Cc1cc(C)c(B(c2c(C)cccc2C)c2c(C)cccc2C)c(C)c1. The van der Waals surface area contributed by atoms with Gasteiger partial charge in [0.2, 0.25) is 13.4 Å². The minimum Gasteiger partial charge on any atom is -0.0774 e. The fraction of sp³-hybridized carbons (Fsp3) is 0.318. The lowest BCUT2D eigenvalue weighted by Gasteiger charge is -2.26. The summed E-state index contributed by atoms with van der Waals surface area (Å²) in [7, 11) is 0. The van der Waals surface area contributed by atoms with Crippen LogP contribution in [0.1, 0.15) is 72.3 Å². The summed E-state index contributed by atoms with van der Waals surface area (Å²) >= 11 is 0. The first-order valence-corrected chi connectivity index (χ1v) is 17.0. The summed E-state index contributed by atoms with van der Waals surface area (Å²) in [6.07, 6.45) is 0. The summed E-state index contributed by atoms with van der Waals surface area (Å²) in [5.74, 6) is 0. The molecular formula is C44H54B2. The van der Waals surface area contributed by atoms with Gasteiger partial charge in [0.1, 0.15) is 0 Å². The van der Waals surface area contributed by atoms with Gasteiger partial charge in [-0.2, -0.15) is 0 Å². The lowest BCUT2D eigenvalue weighted by atomic mass is 9.33. The molecule has 2 heteroatoms. The van der Waals surface area contributed by atoms with Gasteiger partial charge >= 0.3 is 0 Å². The summed E-state index contributed by atoms with van der Waals surface area (Å²) in [6, 6.07) is 27.2. The molecule has 0 saturated carbocycles. The molecule has 0 unspecified atom stereocenters. The predicted molar refractivity (Wildman–Crippen MR) is 209 cm³/mol. The fourth-order valence-corrected chi connectivity index (χ4v) is 8.54. The summed E-state index contributed by atoms with van der Waals surface area (Å²) in [5, 5.41) is 0. The van der Waals surface area contributed by atoms with Crippen LogP contribution in [0.3, 0.4) is 0 Å². The van der Waals surface area contributed by atoms with E-state index >= 15 is 0 Å². The Kier molecular flexibility index (Phi) is 10.9. The molecule has 0 aromatic heterocycles. The van der Waals surface area contributed by atoms with Crippen molar-refractivity contribution in [2.75, 3.05) is 0 Å². The molecular weight excluding hydrogens is 550 g/mol. The zero-order valence-corrected chi connectivity index (χ0v) is 31.1. The second kappa shape index (κ2) is 14.3. The van der Waals surface area contributed by atoms with E-state index in [4.69, 9.17) is 0 Å². The molecule has 0 N–H and O–H groups in total. The van der Waals surface area contributed by atoms with E-state index in [1.807, 2.05) is 0 Å². The van der Waals surface area contributed by atoms with Crippen molar-refractivity contribution in [1.82, 2.24) is 0 Å². The van der Waals surface area contributed by atoms with Crippen LogP contribution >= 0.6 is 0 Å². The van der Waals surface area contributed by atoms with Gasteiger partial charge in [-0.3, -0.25) is 0 Å². The summed E-state index contributed by atoms with van der Waals surface area (Å²) < 4.78 is 0. The number of benzene rings is 5. The fourth-order valence-electron chi connectivity index (χ4n) is 8.54. The molecule has 0 amide bonds. The molecule has 0 saturated heterocycles. The Bertz CT molecular complexity index is 1670. The minimum atomic E-state index is 0.276. The number of hydrogen-bond acceptors (Lipinski definition) is 0. The van der Waals surface area contributed by atoms with Crippen LogP contribution < -0.4 is 27.3 Å². The van der Waals surface area contributed by atoms with Crippen LogP contribution in [0.25, 0.3) is 0 Å². The maximum atomic E-state index is 2.34. The molecule has 0 heterocycles. The first-order chi connectivity index (χ1) is 21.6. The third-order valence-electron chi connectivity index (χ3n) is 10.0. The molecule has 0 spiro atoms. The molecule has 5 aromatic rings. The highest BCUT2D eigenvalue weighted by molar-refractivity contribution is 6.97. The Balaban J connectivity index is 0.000000216. The quantitative estimate of drug-likeness (QED) is 0.178. The summed E-state index contributed by atoms with van der Waals surface area (Å²) in [5.41, 5.74) is 25.3. The zero-order chi connectivity index (χ0) is 34.0. The van der Waals surface area contributed by atoms with Gasteiger partial charge in [-0.05, 0) is 90.0 Å². The first-order valence-electron chi connectivity index (χ1n) is 17.0. The summed E-state index contributed by atoms with van der Waals surface area (Å²) in [6.45, 7) is 32.1. The van der Waals surface area contributed by atoms with E-state index in [2.05, 4.69) is 170 Å². The van der Waals surface area contributed by atoms with Crippen molar-refractivity contribution in [3.8, 4) is 0 Å². The maximum absolute atomic E-state index is 2.34. The molecule has 46 heavy (non-hydrogen) atoms. The standard InChI is InChI=1S/C25H29B.C19H25B/c1-16-14-21(6)25(22(7)15-16)26(23-17(2)10-8-11-18(23)3)24-19(4)12-9-13-20(24)5;1-12-8-14(3)18(15(4)9-12)20(7)19-16(5)10-13(2)11-17(19)6/h8-15H,1-7H3;8-11H,1-7H3. The molecule has 0 fully saturated rings. The van der Waals surface area contributed by atoms with Crippen molar-refractivity contribution >= 4 is 40.7 Å². The highest BCUT2D eigenvalue weighted by atomic mass is 14.1. The predicted octanol–water partition coefficient (Wildman–Crippen LogP) is 8.14. The van der Waals surface area contributed by atoms with E-state index in [1.54, 1.807) is 0 Å². The number of hydrogen-bond donors (Lipinski definition) is 0. The van der Waals surface area contributed by atoms with Crippen LogP contribution in [-0.2, 0) is 0 Å². The largest absolute Gasteiger partial charge is 0.243 e. The molecule has 0 atom stereocenters. The molecule has 0 aliphatic rings. The molecule has 0 bridgehead atoms. The zero-order valence-electron chi connectivity index (χ0n) is 31.1. The van der Waals surface area contributed by atoms with Crippen LogP contribution in [0.5, 0.6) is 0 Å². The van der Waals surface area contributed by atoms with Crippen molar-refractivity contribution in [2.45, 2.75) is 96.8 Å². The van der Waals surface area contributed by atoms with Crippen molar-refractivity contribution in [3.05, 3.63) is 145 Å². The molecule has 5 aromatic carbocycles. The van der Waals surface area contributed by atoms with Gasteiger partial charge in [0.25, 0.3) is 0 Å². The highest BCUT2D eigenvalue weighted by Crippen LogP contribution is 2.15. The Morgan fingerprint density at radius 1 is 0.304 bits per heavy atom. The van der Waals surface area contributed by atoms with Crippen molar-refractivity contribution in [2.24, 2.45) is 0 Å². The third kappa shape index (κ3) is 7.28. The number of rotatable bonds is 5. The van der Waals surface area contributed by atoms with E-state index in [0.29, 0.717) is 6.71 Å². The van der Waals surface area contributed by atoms with E-state index in [0.717, 1.165) is 0 Å². The monoisotopic (exact) mass is 604 g/mol. The van der Waals surface area contributed by atoms with Crippen LogP contribution in [0.2, 0.25) is 6.82 Å². The molecule has 0 radical (unpaired) electrons. The maximum Gasteiger partial charge on any atom is 0.243 e. The van der Waals surface area contributed by atoms with E-state index in [1.165, 1.54) is 99.6 Å². The summed E-state index contributed by atoms with van der Waals surface area (Å²) in [4.78, 5) is 0. The van der Waals surface area contributed by atoms with Gasteiger partial charge in [0, 0.05) is 0 Å². The van der Waals surface area contributed by atoms with Gasteiger partial charge < -0.3 is 0 Å². The second-order valence-electron chi connectivity index (χ2n) is 14.2. The van der Waals surface area contributed by atoms with Crippen molar-refractivity contribution in [1.29, 1.82) is 0 Å². The molecule has 236 valence electrons. The van der Waals surface area contributed by atoms with Crippen LogP contribution in [-0.4, -0.2) is 13.4 Å². The normalized spacial score (nSPS) is 10.8. The Morgan fingerprint density at radius 2 is 0.522 bits per heavy atom. The Labute approximate surface area is 281 Å². The minimum absolute atomic E-state index is 0.276. The van der Waals surface area contributed by atoms with Crippen LogP contribution in [0.15, 0.2) is 72.8 Å². The molecule has 0 nitrogen and oxygen atoms in total. The van der Waals surface area contributed by atoms with Gasteiger partial charge in [0.15, 0.2) is 0 Å². The van der Waals surface area contributed by atoms with E-state index in [-0.39, 0.29) is 6.71 Å². The average Bonchev–Trinajstić information content (AvgIpc) is 2.91. The molecule has 5 rings (SSSR count). The lowest BCUT2D eigenvalue weighted by molar-refractivity contribution is 1.33. The Hall–Kier alpha value is -3.77. The smallest absolute Gasteiger partial charge is 0.0774 e.